The molecule has 0 heterocycles. The molecule has 1 unspecified atom stereocenters. The van der Waals surface area contributed by atoms with Gasteiger partial charge in [-0.25, -0.2) is 0 Å². The maximum Gasteiger partial charge on any atom is 0.0727 e. The van der Waals surface area contributed by atoms with Crippen LogP contribution in [-0.4, -0.2) is 23.5 Å². The second kappa shape index (κ2) is 7.72. The van der Waals surface area contributed by atoms with E-state index >= 15 is 0 Å². The van der Waals surface area contributed by atoms with Crippen LogP contribution in [0, 0.1) is 0 Å². The van der Waals surface area contributed by atoms with E-state index in [1.54, 1.807) is 0 Å². The van der Waals surface area contributed by atoms with E-state index in [0.717, 1.165) is 30.8 Å². The predicted octanol–water partition coefficient (Wildman–Crippen LogP) is 3.79. The normalized spacial score (nSPS) is 12.7. The summed E-state index contributed by atoms with van der Waals surface area (Å²) in [7, 11) is 2.13. The zero-order chi connectivity index (χ0) is 13.5. The number of hydrogen-bond donors (Lipinski definition) is 1. The van der Waals surface area contributed by atoms with Crippen LogP contribution < -0.4 is 5.73 Å². The van der Waals surface area contributed by atoms with Crippen LogP contribution in [0.3, 0.4) is 0 Å². The summed E-state index contributed by atoms with van der Waals surface area (Å²) in [6.07, 6.45) is 3.01. The summed E-state index contributed by atoms with van der Waals surface area (Å²) in [5.41, 5.74) is 6.73. The second-order valence-electron chi connectivity index (χ2n) is 4.64. The molecule has 1 aromatic rings. The fourth-order valence-corrected chi connectivity index (χ4v) is 2.22. The predicted molar refractivity (Wildman–Crippen MR) is 83.1 cm³/mol. The summed E-state index contributed by atoms with van der Waals surface area (Å²) >= 11 is 10.9. The van der Waals surface area contributed by atoms with E-state index in [0.29, 0.717) is 11.0 Å². The van der Waals surface area contributed by atoms with Gasteiger partial charge in [0.25, 0.3) is 0 Å². The highest BCUT2D eigenvalue weighted by molar-refractivity contribution is 7.80. The van der Waals surface area contributed by atoms with Crippen LogP contribution >= 0.6 is 23.8 Å². The third kappa shape index (κ3) is 5.34. The molecule has 2 N–H and O–H groups in total. The largest absolute Gasteiger partial charge is 0.393 e. The number of halogens is 1. The molecule has 0 aromatic heterocycles. The lowest BCUT2D eigenvalue weighted by atomic mass is 10.1. The second-order valence-corrected chi connectivity index (χ2v) is 5.60. The molecule has 0 radical (unpaired) electrons. The van der Waals surface area contributed by atoms with Crippen LogP contribution in [0.4, 0.5) is 0 Å². The molecule has 1 aromatic carbocycles. The topological polar surface area (TPSA) is 29.3 Å². The lowest BCUT2D eigenvalue weighted by Crippen LogP contribution is -2.23. The van der Waals surface area contributed by atoms with E-state index in [2.05, 4.69) is 24.9 Å². The molecule has 0 amide bonds. The molecule has 0 aliphatic carbocycles. The first-order valence-electron chi connectivity index (χ1n) is 6.24. The Morgan fingerprint density at radius 3 is 2.78 bits per heavy atom. The Balaban J connectivity index is 2.41. The van der Waals surface area contributed by atoms with Crippen molar-refractivity contribution >= 4 is 28.8 Å². The first kappa shape index (κ1) is 15.4. The van der Waals surface area contributed by atoms with Gasteiger partial charge in [-0.05, 0) is 57.5 Å². The van der Waals surface area contributed by atoms with Gasteiger partial charge in [-0.15, -0.1) is 0 Å². The minimum Gasteiger partial charge on any atom is -0.393 e. The maximum atomic E-state index is 6.01. The maximum absolute atomic E-state index is 6.01. The number of nitrogens with two attached hydrogens (primary N) is 1. The average molecular weight is 285 g/mol. The van der Waals surface area contributed by atoms with Crippen molar-refractivity contribution in [3.8, 4) is 0 Å². The monoisotopic (exact) mass is 284 g/mol. The Kier molecular flexibility index (Phi) is 6.61. The Labute approximate surface area is 120 Å². The summed E-state index contributed by atoms with van der Waals surface area (Å²) in [6, 6.07) is 8.41. The van der Waals surface area contributed by atoms with Gasteiger partial charge >= 0.3 is 0 Å². The first-order valence-corrected chi connectivity index (χ1v) is 7.03. The highest BCUT2D eigenvalue weighted by Crippen LogP contribution is 2.22. The molecule has 1 rings (SSSR count). The summed E-state index contributed by atoms with van der Waals surface area (Å²) in [5.74, 6) is 0. The Bertz CT molecular complexity index is 395. The fourth-order valence-electron chi connectivity index (χ4n) is 1.88. The summed E-state index contributed by atoms with van der Waals surface area (Å²) in [6.45, 7) is 3.23. The molecular weight excluding hydrogens is 264 g/mol. The minimum absolute atomic E-state index is 0.369. The minimum atomic E-state index is 0.369. The quantitative estimate of drug-likeness (QED) is 0.610. The number of rotatable bonds is 7. The van der Waals surface area contributed by atoms with Crippen molar-refractivity contribution in [2.24, 2.45) is 5.73 Å². The summed E-state index contributed by atoms with van der Waals surface area (Å²) in [5, 5.41) is 0.793. The standard InChI is InChI=1S/C14H21ClN2S/c1-11(12-6-5-7-13(15)10-12)17(2)9-4-3-8-14(16)18/h5-7,10-11H,3-4,8-9H2,1-2H3,(H2,16,18). The van der Waals surface area contributed by atoms with Crippen molar-refractivity contribution < 1.29 is 0 Å². The zero-order valence-electron chi connectivity index (χ0n) is 11.0. The molecule has 4 heteroatoms. The molecule has 0 saturated carbocycles. The van der Waals surface area contributed by atoms with Crippen LogP contribution in [0.25, 0.3) is 0 Å². The Morgan fingerprint density at radius 2 is 2.17 bits per heavy atom. The van der Waals surface area contributed by atoms with Gasteiger partial charge in [0.1, 0.15) is 0 Å². The van der Waals surface area contributed by atoms with Crippen molar-refractivity contribution in [1.29, 1.82) is 0 Å². The van der Waals surface area contributed by atoms with E-state index in [4.69, 9.17) is 29.6 Å². The van der Waals surface area contributed by atoms with Crippen LogP contribution in [-0.2, 0) is 0 Å². The molecule has 0 fully saturated rings. The van der Waals surface area contributed by atoms with Gasteiger partial charge in [0.15, 0.2) is 0 Å². The van der Waals surface area contributed by atoms with E-state index in [1.807, 2.05) is 18.2 Å². The third-order valence-electron chi connectivity index (χ3n) is 3.18. The number of benzene rings is 1. The third-order valence-corrected chi connectivity index (χ3v) is 3.62. The van der Waals surface area contributed by atoms with Crippen molar-refractivity contribution in [1.82, 2.24) is 4.90 Å². The molecule has 0 aliphatic rings. The molecule has 100 valence electrons. The number of hydrogen-bond acceptors (Lipinski definition) is 2. The van der Waals surface area contributed by atoms with Gasteiger partial charge in [-0.3, -0.25) is 4.90 Å². The lowest BCUT2D eigenvalue weighted by molar-refractivity contribution is 0.257. The van der Waals surface area contributed by atoms with E-state index < -0.39 is 0 Å². The van der Waals surface area contributed by atoms with Gasteiger partial charge in [-0.1, -0.05) is 36.0 Å². The highest BCUT2D eigenvalue weighted by Gasteiger charge is 2.11. The van der Waals surface area contributed by atoms with E-state index in [-0.39, 0.29) is 0 Å². The van der Waals surface area contributed by atoms with Gasteiger partial charge in [0.2, 0.25) is 0 Å². The molecule has 0 bridgehead atoms. The van der Waals surface area contributed by atoms with Crippen LogP contribution in [0.5, 0.6) is 0 Å². The molecule has 0 saturated heterocycles. The van der Waals surface area contributed by atoms with Crippen molar-refractivity contribution in [3.63, 3.8) is 0 Å². The summed E-state index contributed by atoms with van der Waals surface area (Å²) < 4.78 is 0. The van der Waals surface area contributed by atoms with Crippen LogP contribution in [0.2, 0.25) is 5.02 Å². The van der Waals surface area contributed by atoms with Gasteiger partial charge in [-0.2, -0.15) is 0 Å². The van der Waals surface area contributed by atoms with Crippen LogP contribution in [0.15, 0.2) is 24.3 Å². The lowest BCUT2D eigenvalue weighted by Gasteiger charge is -2.25. The Morgan fingerprint density at radius 1 is 1.44 bits per heavy atom. The number of nitrogens with zero attached hydrogens (tertiary/aromatic N) is 1. The SMILES string of the molecule is CC(c1cccc(Cl)c1)N(C)CCCCC(N)=S. The van der Waals surface area contributed by atoms with Gasteiger partial charge < -0.3 is 5.73 Å². The molecule has 2 nitrogen and oxygen atoms in total. The molecule has 0 aliphatic heterocycles. The summed E-state index contributed by atoms with van der Waals surface area (Å²) in [4.78, 5) is 2.94. The van der Waals surface area contributed by atoms with Crippen molar-refractivity contribution in [3.05, 3.63) is 34.9 Å². The molecule has 0 spiro atoms. The zero-order valence-corrected chi connectivity index (χ0v) is 12.6. The number of thiocarbonyl (C=S) groups is 1. The van der Waals surface area contributed by atoms with Crippen LogP contribution in [0.1, 0.15) is 37.8 Å². The Hall–Kier alpha value is -0.640. The first-order chi connectivity index (χ1) is 8.50. The highest BCUT2D eigenvalue weighted by atomic mass is 35.5. The average Bonchev–Trinajstić information content (AvgIpc) is 2.33. The smallest absolute Gasteiger partial charge is 0.0727 e. The van der Waals surface area contributed by atoms with Crippen molar-refractivity contribution in [2.75, 3.05) is 13.6 Å². The fraction of sp³-hybridized carbons (Fsp3) is 0.500. The van der Waals surface area contributed by atoms with Gasteiger partial charge in [0.05, 0.1) is 4.99 Å². The molecular formula is C14H21ClN2S. The molecule has 18 heavy (non-hydrogen) atoms. The van der Waals surface area contributed by atoms with E-state index in [9.17, 15) is 0 Å². The molecule has 1 atom stereocenters. The van der Waals surface area contributed by atoms with Gasteiger partial charge in [0, 0.05) is 11.1 Å². The van der Waals surface area contributed by atoms with E-state index in [1.165, 1.54) is 5.56 Å². The van der Waals surface area contributed by atoms with Crippen molar-refractivity contribution in [2.45, 2.75) is 32.2 Å². The number of unbranched alkanes of at least 4 members (excludes halogenated alkanes) is 1.